The molecule has 0 aliphatic rings. The highest BCUT2D eigenvalue weighted by molar-refractivity contribution is 7.43. The van der Waals surface area contributed by atoms with Gasteiger partial charge in [-0.15, -0.1) is 6.58 Å². The minimum Gasteiger partial charge on any atom is -0.337 e. The molecule has 0 aromatic carbocycles. The second-order valence-electron chi connectivity index (χ2n) is 1.03. The summed E-state index contributed by atoms with van der Waals surface area (Å²) in [5, 5.41) is 0. The molecular weight excluding hydrogens is 127 g/mol. The summed E-state index contributed by atoms with van der Waals surface area (Å²) in [4.78, 5) is 8.30. The van der Waals surface area contributed by atoms with Crippen LogP contribution in [0.1, 0.15) is 0 Å². The molecule has 1 unspecified atom stereocenters. The molecule has 0 aliphatic carbocycles. The van der Waals surface area contributed by atoms with E-state index in [1.165, 1.54) is 0 Å². The van der Waals surface area contributed by atoms with Crippen LogP contribution >= 0.6 is 8.53 Å². The van der Waals surface area contributed by atoms with Gasteiger partial charge in [0.15, 0.2) is 0 Å². The van der Waals surface area contributed by atoms with Crippen LogP contribution in [-0.2, 0) is 4.62 Å². The summed E-state index contributed by atoms with van der Waals surface area (Å²) in [6, 6.07) is 0. The number of rotatable bonds is 4. The first-order valence-corrected chi connectivity index (χ1v) is 3.30. The fraction of sp³-hybridized carbons (Fsp3) is 0.333. The van der Waals surface area contributed by atoms with Crippen LogP contribution < -0.4 is 11.0 Å². The molecule has 0 fully saturated rings. The van der Waals surface area contributed by atoms with Gasteiger partial charge in [-0.2, -0.15) is 5.48 Å². The minimum absolute atomic E-state index is 0.483. The SMILES string of the molecule is C=CCNOP(N)O. The summed E-state index contributed by atoms with van der Waals surface area (Å²) in [5.41, 5.74) is 7.20. The van der Waals surface area contributed by atoms with Crippen LogP contribution in [0.15, 0.2) is 12.7 Å². The number of hydrogen-bond donors (Lipinski definition) is 3. The molecule has 0 rings (SSSR count). The van der Waals surface area contributed by atoms with Crippen LogP contribution in [0.5, 0.6) is 0 Å². The maximum Gasteiger partial charge on any atom is 0.268 e. The van der Waals surface area contributed by atoms with Crippen molar-refractivity contribution in [1.82, 2.24) is 5.48 Å². The highest BCUT2D eigenvalue weighted by Gasteiger charge is 1.91. The Labute approximate surface area is 49.3 Å². The van der Waals surface area contributed by atoms with E-state index in [1.807, 2.05) is 0 Å². The topological polar surface area (TPSA) is 67.5 Å². The van der Waals surface area contributed by atoms with Crippen molar-refractivity contribution in [1.29, 1.82) is 0 Å². The predicted molar refractivity (Wildman–Crippen MR) is 32.6 cm³/mol. The molecule has 4 nitrogen and oxygen atoms in total. The van der Waals surface area contributed by atoms with Crippen molar-refractivity contribution in [3.63, 3.8) is 0 Å². The van der Waals surface area contributed by atoms with E-state index in [0.717, 1.165) is 0 Å². The zero-order valence-corrected chi connectivity index (χ0v) is 5.27. The fourth-order valence-corrected chi connectivity index (χ4v) is 0.369. The Morgan fingerprint density at radius 1 is 2.00 bits per heavy atom. The second-order valence-corrected chi connectivity index (χ2v) is 1.82. The summed E-state index contributed by atoms with van der Waals surface area (Å²) in [5.74, 6) is 0. The molecule has 1 atom stereocenters. The van der Waals surface area contributed by atoms with Crippen molar-refractivity contribution in [2.24, 2.45) is 5.50 Å². The molecule has 0 aliphatic heterocycles. The van der Waals surface area contributed by atoms with Gasteiger partial charge in [-0.25, -0.2) is 4.62 Å². The summed E-state index contributed by atoms with van der Waals surface area (Å²) in [7, 11) is -1.77. The van der Waals surface area contributed by atoms with Crippen LogP contribution in [-0.4, -0.2) is 11.4 Å². The van der Waals surface area contributed by atoms with Gasteiger partial charge in [0, 0.05) is 6.54 Å². The quantitative estimate of drug-likeness (QED) is 0.218. The molecule has 0 saturated heterocycles. The summed E-state index contributed by atoms with van der Waals surface area (Å²) >= 11 is 0. The standard InChI is InChI=1S/C3H9N2O2P/c1-2-3-5-7-8(4)6/h2,5-6H,1,3-4H2. The first-order valence-electron chi connectivity index (χ1n) is 2.01. The van der Waals surface area contributed by atoms with Crippen molar-refractivity contribution >= 4 is 8.53 Å². The van der Waals surface area contributed by atoms with Gasteiger partial charge in [-0.1, -0.05) is 6.08 Å². The maximum absolute atomic E-state index is 8.30. The highest BCUT2D eigenvalue weighted by Crippen LogP contribution is 2.15. The van der Waals surface area contributed by atoms with Gasteiger partial charge in [0.2, 0.25) is 0 Å². The monoisotopic (exact) mass is 136 g/mol. The molecule has 0 amide bonds. The molecule has 8 heavy (non-hydrogen) atoms. The van der Waals surface area contributed by atoms with E-state index in [1.54, 1.807) is 6.08 Å². The third kappa shape index (κ3) is 6.01. The van der Waals surface area contributed by atoms with E-state index in [2.05, 4.69) is 16.7 Å². The summed E-state index contributed by atoms with van der Waals surface area (Å²) in [6.07, 6.45) is 1.60. The van der Waals surface area contributed by atoms with Gasteiger partial charge in [0.05, 0.1) is 0 Å². The van der Waals surface area contributed by atoms with Gasteiger partial charge >= 0.3 is 0 Å². The number of hydrogen-bond acceptors (Lipinski definition) is 4. The smallest absolute Gasteiger partial charge is 0.268 e. The lowest BCUT2D eigenvalue weighted by molar-refractivity contribution is 0.209. The molecule has 5 heteroatoms. The average molecular weight is 136 g/mol. The zero-order chi connectivity index (χ0) is 6.41. The van der Waals surface area contributed by atoms with Crippen LogP contribution in [0.3, 0.4) is 0 Å². The maximum atomic E-state index is 8.30. The van der Waals surface area contributed by atoms with E-state index in [-0.39, 0.29) is 0 Å². The number of nitrogens with two attached hydrogens (primary N) is 1. The van der Waals surface area contributed by atoms with Crippen molar-refractivity contribution in [2.45, 2.75) is 0 Å². The Hall–Kier alpha value is 0.0100. The Kier molecular flexibility index (Phi) is 5.16. The Morgan fingerprint density at radius 3 is 3.00 bits per heavy atom. The molecule has 4 N–H and O–H groups in total. The largest absolute Gasteiger partial charge is 0.337 e. The van der Waals surface area contributed by atoms with Crippen LogP contribution in [0.4, 0.5) is 0 Å². The fourth-order valence-electron chi connectivity index (χ4n) is 0.162. The van der Waals surface area contributed by atoms with Gasteiger partial charge in [0.1, 0.15) is 0 Å². The molecule has 0 saturated carbocycles. The van der Waals surface area contributed by atoms with E-state index < -0.39 is 8.53 Å². The van der Waals surface area contributed by atoms with E-state index in [0.29, 0.717) is 6.54 Å². The van der Waals surface area contributed by atoms with Gasteiger partial charge < -0.3 is 4.89 Å². The van der Waals surface area contributed by atoms with E-state index in [4.69, 9.17) is 10.4 Å². The molecule has 0 aromatic rings. The van der Waals surface area contributed by atoms with Gasteiger partial charge in [-0.05, 0) is 0 Å². The number of hydroxylamine groups is 1. The zero-order valence-electron chi connectivity index (χ0n) is 4.37. The Bertz CT molecular complexity index is 68.3. The van der Waals surface area contributed by atoms with Crippen molar-refractivity contribution in [2.75, 3.05) is 6.54 Å². The predicted octanol–water partition coefficient (Wildman–Crippen LogP) is -0.128. The Balaban J connectivity index is 2.81. The van der Waals surface area contributed by atoms with E-state index >= 15 is 0 Å². The normalized spacial score (nSPS) is 13.2. The van der Waals surface area contributed by atoms with Crippen LogP contribution in [0.2, 0.25) is 0 Å². The molecule has 48 valence electrons. The molecular formula is C3H9N2O2P. The lowest BCUT2D eigenvalue weighted by Gasteiger charge is -2.01. The van der Waals surface area contributed by atoms with Crippen LogP contribution in [0, 0.1) is 0 Å². The third-order valence-corrected chi connectivity index (χ3v) is 0.702. The first-order chi connectivity index (χ1) is 3.77. The third-order valence-electron chi connectivity index (χ3n) is 0.386. The van der Waals surface area contributed by atoms with Gasteiger partial charge in [-0.3, -0.25) is 5.50 Å². The average Bonchev–Trinajstić information content (AvgIpc) is 1.66. The van der Waals surface area contributed by atoms with Gasteiger partial charge in [0.25, 0.3) is 8.53 Å². The number of nitrogens with one attached hydrogen (secondary N) is 1. The molecule has 0 bridgehead atoms. The summed E-state index contributed by atoms with van der Waals surface area (Å²) in [6.45, 7) is 3.88. The van der Waals surface area contributed by atoms with E-state index in [9.17, 15) is 0 Å². The highest BCUT2D eigenvalue weighted by atomic mass is 31.2. The molecule has 0 spiro atoms. The Morgan fingerprint density at radius 2 is 2.62 bits per heavy atom. The minimum atomic E-state index is -1.77. The lowest BCUT2D eigenvalue weighted by Crippen LogP contribution is -2.12. The van der Waals surface area contributed by atoms with Crippen LogP contribution in [0.25, 0.3) is 0 Å². The van der Waals surface area contributed by atoms with Crippen molar-refractivity contribution < 1.29 is 9.52 Å². The first kappa shape index (κ1) is 8.01. The second kappa shape index (κ2) is 5.15. The summed E-state index contributed by atoms with van der Waals surface area (Å²) < 4.78 is 4.36. The van der Waals surface area contributed by atoms with Crippen molar-refractivity contribution in [3.8, 4) is 0 Å². The molecule has 0 heterocycles. The lowest BCUT2D eigenvalue weighted by atomic mass is 10.7. The van der Waals surface area contributed by atoms with Crippen molar-refractivity contribution in [3.05, 3.63) is 12.7 Å². The molecule has 0 aromatic heterocycles. The molecule has 0 radical (unpaired) electrons.